The molecular weight excluding hydrogens is 478 g/mol. The lowest BCUT2D eigenvalue weighted by Gasteiger charge is -2.41. The van der Waals surface area contributed by atoms with Gasteiger partial charge >= 0.3 is 0 Å². The van der Waals surface area contributed by atoms with Crippen LogP contribution in [0.2, 0.25) is 0 Å². The minimum absolute atomic E-state index is 0.0149. The van der Waals surface area contributed by atoms with Gasteiger partial charge in [0.15, 0.2) is 11.6 Å². The SMILES string of the molecule is C=CC1CCC(C2CCC(C3CCC(c4ccc(-c5ccc(OCCC)c(F)c5F)cc4)CC3)CC2)OC1. The minimum Gasteiger partial charge on any atom is -0.490 e. The number of hydrogen-bond acceptors (Lipinski definition) is 2. The van der Waals surface area contributed by atoms with Gasteiger partial charge in [-0.2, -0.15) is 4.39 Å². The van der Waals surface area contributed by atoms with Crippen LogP contribution in [-0.4, -0.2) is 19.3 Å². The van der Waals surface area contributed by atoms with Crippen molar-refractivity contribution in [1.82, 2.24) is 0 Å². The van der Waals surface area contributed by atoms with Gasteiger partial charge in [0.2, 0.25) is 5.82 Å². The Hall–Kier alpha value is -2.20. The van der Waals surface area contributed by atoms with E-state index < -0.39 is 11.6 Å². The first-order valence-electron chi connectivity index (χ1n) is 15.0. The summed E-state index contributed by atoms with van der Waals surface area (Å²) in [4.78, 5) is 0. The van der Waals surface area contributed by atoms with Crippen LogP contribution in [0.15, 0.2) is 49.1 Å². The fraction of sp³-hybridized carbons (Fsp3) is 0.588. The number of benzene rings is 2. The van der Waals surface area contributed by atoms with Crippen molar-refractivity contribution in [3.63, 3.8) is 0 Å². The first kappa shape index (κ1) is 27.4. The molecule has 2 aromatic carbocycles. The van der Waals surface area contributed by atoms with E-state index in [1.165, 1.54) is 75.8 Å². The van der Waals surface area contributed by atoms with Gasteiger partial charge in [0.05, 0.1) is 19.3 Å². The zero-order chi connectivity index (χ0) is 26.5. The molecule has 5 rings (SSSR count). The Kier molecular flexibility index (Phi) is 9.20. The van der Waals surface area contributed by atoms with Gasteiger partial charge in [-0.3, -0.25) is 0 Å². The van der Waals surface area contributed by atoms with E-state index in [1.807, 2.05) is 19.1 Å². The predicted molar refractivity (Wildman–Crippen MR) is 150 cm³/mol. The first-order chi connectivity index (χ1) is 18.6. The van der Waals surface area contributed by atoms with Crippen molar-refractivity contribution in [3.05, 3.63) is 66.3 Å². The van der Waals surface area contributed by atoms with Gasteiger partial charge < -0.3 is 9.47 Å². The molecule has 2 nitrogen and oxygen atoms in total. The van der Waals surface area contributed by atoms with Crippen LogP contribution < -0.4 is 4.74 Å². The lowest BCUT2D eigenvalue weighted by molar-refractivity contribution is -0.0517. The molecule has 4 heteroatoms. The molecule has 38 heavy (non-hydrogen) atoms. The summed E-state index contributed by atoms with van der Waals surface area (Å²) in [6.07, 6.45) is 16.2. The van der Waals surface area contributed by atoms with E-state index in [0.29, 0.717) is 30.1 Å². The van der Waals surface area contributed by atoms with E-state index >= 15 is 0 Å². The van der Waals surface area contributed by atoms with Crippen LogP contribution in [0, 0.1) is 35.3 Å². The summed E-state index contributed by atoms with van der Waals surface area (Å²) in [5.74, 6) is 1.85. The van der Waals surface area contributed by atoms with Gasteiger partial charge in [0.25, 0.3) is 0 Å². The zero-order valence-corrected chi connectivity index (χ0v) is 23.0. The quantitative estimate of drug-likeness (QED) is 0.321. The Morgan fingerprint density at radius 1 is 0.816 bits per heavy atom. The molecule has 0 aromatic heterocycles. The smallest absolute Gasteiger partial charge is 0.201 e. The highest BCUT2D eigenvalue weighted by molar-refractivity contribution is 5.65. The zero-order valence-electron chi connectivity index (χ0n) is 23.0. The molecule has 1 aliphatic heterocycles. The molecule has 0 bridgehead atoms. The molecule has 0 radical (unpaired) electrons. The fourth-order valence-corrected chi connectivity index (χ4v) is 7.28. The van der Waals surface area contributed by atoms with Crippen LogP contribution in [0.5, 0.6) is 5.75 Å². The maximum Gasteiger partial charge on any atom is 0.201 e. The van der Waals surface area contributed by atoms with Gasteiger partial charge in [-0.15, -0.1) is 6.58 Å². The molecular formula is C34H44F2O2. The average molecular weight is 523 g/mol. The van der Waals surface area contributed by atoms with Crippen molar-refractivity contribution in [2.24, 2.45) is 23.7 Å². The van der Waals surface area contributed by atoms with E-state index in [2.05, 4.69) is 24.8 Å². The van der Waals surface area contributed by atoms with E-state index in [-0.39, 0.29) is 11.3 Å². The maximum atomic E-state index is 14.7. The van der Waals surface area contributed by atoms with Crippen molar-refractivity contribution in [2.75, 3.05) is 13.2 Å². The van der Waals surface area contributed by atoms with Crippen LogP contribution in [-0.2, 0) is 4.74 Å². The summed E-state index contributed by atoms with van der Waals surface area (Å²) in [6.45, 7) is 7.11. The second-order valence-corrected chi connectivity index (χ2v) is 11.9. The van der Waals surface area contributed by atoms with Crippen molar-refractivity contribution in [3.8, 4) is 16.9 Å². The molecule has 0 spiro atoms. The molecule has 1 heterocycles. The second-order valence-electron chi connectivity index (χ2n) is 11.9. The summed E-state index contributed by atoms with van der Waals surface area (Å²) in [6, 6.07) is 11.3. The Labute approximate surface area is 227 Å². The molecule has 1 saturated heterocycles. The van der Waals surface area contributed by atoms with Gasteiger partial charge in [-0.1, -0.05) is 37.3 Å². The Morgan fingerprint density at radius 2 is 1.47 bits per heavy atom. The van der Waals surface area contributed by atoms with Gasteiger partial charge in [-0.25, -0.2) is 4.39 Å². The molecule has 0 amide bonds. The fourth-order valence-electron chi connectivity index (χ4n) is 7.28. The third-order valence-corrected chi connectivity index (χ3v) is 9.66. The second kappa shape index (κ2) is 12.8. The van der Waals surface area contributed by atoms with Gasteiger partial charge in [0.1, 0.15) is 0 Å². The molecule has 2 atom stereocenters. The van der Waals surface area contributed by atoms with Crippen molar-refractivity contribution in [2.45, 2.75) is 89.6 Å². The van der Waals surface area contributed by atoms with Crippen LogP contribution in [0.1, 0.15) is 89.0 Å². The lowest BCUT2D eigenvalue weighted by atomic mass is 9.67. The normalized spacial score (nSPS) is 30.1. The highest BCUT2D eigenvalue weighted by atomic mass is 19.2. The molecule has 3 aliphatic rings. The van der Waals surface area contributed by atoms with Gasteiger partial charge in [0, 0.05) is 11.5 Å². The van der Waals surface area contributed by atoms with E-state index in [4.69, 9.17) is 9.47 Å². The van der Waals surface area contributed by atoms with Crippen LogP contribution in [0.25, 0.3) is 11.1 Å². The maximum absolute atomic E-state index is 14.7. The van der Waals surface area contributed by atoms with Gasteiger partial charge in [-0.05, 0) is 118 Å². The Morgan fingerprint density at radius 3 is 2.08 bits per heavy atom. The van der Waals surface area contributed by atoms with Crippen LogP contribution in [0.4, 0.5) is 8.78 Å². The third kappa shape index (κ3) is 6.17. The van der Waals surface area contributed by atoms with Crippen LogP contribution >= 0.6 is 0 Å². The first-order valence-corrected chi connectivity index (χ1v) is 15.0. The summed E-state index contributed by atoms with van der Waals surface area (Å²) in [5, 5.41) is 0. The number of ether oxygens (including phenoxy) is 2. The van der Waals surface area contributed by atoms with E-state index in [0.717, 1.165) is 30.8 Å². The van der Waals surface area contributed by atoms with Crippen molar-refractivity contribution in [1.29, 1.82) is 0 Å². The molecule has 2 aromatic rings. The summed E-state index contributed by atoms with van der Waals surface area (Å²) < 4.78 is 40.8. The van der Waals surface area contributed by atoms with E-state index in [9.17, 15) is 8.78 Å². The number of rotatable bonds is 8. The standard InChI is InChI=1S/C34H44F2O2/c1-3-21-37-32-20-18-30(33(35)34(32)36)28-14-10-26(11-15-28)24-6-8-25(9-7-24)27-12-16-29(17-13-27)31-19-5-23(4-2)22-38-31/h4,10-11,14-15,18,20,23-25,27,29,31H,2-3,5-9,12-13,16-17,19,21-22H2,1H3. The van der Waals surface area contributed by atoms with Crippen molar-refractivity contribution < 1.29 is 18.3 Å². The lowest BCUT2D eigenvalue weighted by Crippen LogP contribution is -2.35. The largest absolute Gasteiger partial charge is 0.490 e. The number of halogens is 2. The molecule has 2 aliphatic carbocycles. The average Bonchev–Trinajstić information content (AvgIpc) is 2.98. The monoisotopic (exact) mass is 522 g/mol. The highest BCUT2D eigenvalue weighted by Gasteiger charge is 2.35. The molecule has 3 fully saturated rings. The summed E-state index contributed by atoms with van der Waals surface area (Å²) >= 11 is 0. The van der Waals surface area contributed by atoms with E-state index in [1.54, 1.807) is 6.07 Å². The summed E-state index contributed by atoms with van der Waals surface area (Å²) in [7, 11) is 0. The Bertz CT molecular complexity index is 1040. The number of hydrogen-bond donors (Lipinski definition) is 0. The minimum atomic E-state index is -0.903. The summed E-state index contributed by atoms with van der Waals surface area (Å²) in [5.41, 5.74) is 2.32. The predicted octanol–water partition coefficient (Wildman–Crippen LogP) is 9.48. The molecule has 206 valence electrons. The Balaban J connectivity index is 1.11. The topological polar surface area (TPSA) is 18.5 Å². The molecule has 2 unspecified atom stereocenters. The third-order valence-electron chi connectivity index (χ3n) is 9.66. The van der Waals surface area contributed by atoms with Crippen molar-refractivity contribution >= 4 is 0 Å². The van der Waals surface area contributed by atoms with Crippen LogP contribution in [0.3, 0.4) is 0 Å². The highest BCUT2D eigenvalue weighted by Crippen LogP contribution is 2.45. The molecule has 2 saturated carbocycles. The molecule has 0 N–H and O–H groups in total.